The van der Waals surface area contributed by atoms with E-state index < -0.39 is 0 Å². The summed E-state index contributed by atoms with van der Waals surface area (Å²) in [5.74, 6) is 1.40. The lowest BCUT2D eigenvalue weighted by molar-refractivity contribution is 0.763. The van der Waals surface area contributed by atoms with Gasteiger partial charge in [0.15, 0.2) is 5.16 Å². The first-order chi connectivity index (χ1) is 8.13. The Morgan fingerprint density at radius 2 is 2.12 bits per heavy atom. The van der Waals surface area contributed by atoms with E-state index in [0.717, 1.165) is 28.0 Å². The van der Waals surface area contributed by atoms with Crippen LogP contribution in [-0.2, 0) is 13.5 Å². The maximum absolute atomic E-state index is 5.82. The smallest absolute Gasteiger partial charge is 0.197 e. The van der Waals surface area contributed by atoms with Crippen molar-refractivity contribution < 1.29 is 0 Å². The van der Waals surface area contributed by atoms with Gasteiger partial charge < -0.3 is 10.3 Å². The molecule has 0 aliphatic heterocycles. The van der Waals surface area contributed by atoms with E-state index in [1.54, 1.807) is 0 Å². The second-order valence-electron chi connectivity index (χ2n) is 3.59. The molecule has 0 saturated heterocycles. The molecule has 2 heterocycles. The highest BCUT2D eigenvalue weighted by atomic mass is 32.2. The van der Waals surface area contributed by atoms with Crippen molar-refractivity contribution in [1.82, 2.24) is 24.7 Å². The maximum Gasteiger partial charge on any atom is 0.197 e. The summed E-state index contributed by atoms with van der Waals surface area (Å²) in [6.07, 6.45) is 2.27. The van der Waals surface area contributed by atoms with Crippen LogP contribution >= 0.6 is 11.8 Å². The molecule has 2 rings (SSSR count). The number of aryl methyl sites for hydroxylation is 1. The number of nitrogens with zero attached hydrogens (tertiary/aromatic N) is 5. The topological polar surface area (TPSA) is 82.5 Å². The van der Waals surface area contributed by atoms with E-state index in [0.29, 0.717) is 5.82 Å². The van der Waals surface area contributed by atoms with Gasteiger partial charge >= 0.3 is 0 Å². The quantitative estimate of drug-likeness (QED) is 0.824. The Balaban J connectivity index is 2.36. The minimum absolute atomic E-state index is 0.531. The molecule has 90 valence electrons. The molecule has 0 aliphatic rings. The maximum atomic E-state index is 5.82. The van der Waals surface area contributed by atoms with Gasteiger partial charge in [0, 0.05) is 12.6 Å². The highest BCUT2D eigenvalue weighted by Gasteiger charge is 2.13. The molecule has 17 heavy (non-hydrogen) atoms. The van der Waals surface area contributed by atoms with Crippen LogP contribution in [0.25, 0.3) is 0 Å². The van der Waals surface area contributed by atoms with Crippen molar-refractivity contribution in [3.8, 4) is 0 Å². The van der Waals surface area contributed by atoms with Crippen molar-refractivity contribution in [2.45, 2.75) is 30.5 Å². The largest absolute Gasteiger partial charge is 0.383 e. The minimum Gasteiger partial charge on any atom is -0.383 e. The SMILES string of the molecule is CCc1c(N)ncnc1Sc1nnc(C)n1C. The molecule has 2 N–H and O–H groups in total. The van der Waals surface area contributed by atoms with Gasteiger partial charge in [-0.3, -0.25) is 0 Å². The van der Waals surface area contributed by atoms with Gasteiger partial charge in [0.2, 0.25) is 0 Å². The Bertz CT molecular complexity index is 536. The Labute approximate surface area is 104 Å². The average molecular weight is 250 g/mol. The summed E-state index contributed by atoms with van der Waals surface area (Å²) in [7, 11) is 1.92. The van der Waals surface area contributed by atoms with Crippen LogP contribution in [0.15, 0.2) is 16.5 Å². The number of nitrogens with two attached hydrogens (primary N) is 1. The predicted octanol–water partition coefficient (Wildman–Crippen LogP) is 1.21. The Morgan fingerprint density at radius 3 is 2.71 bits per heavy atom. The van der Waals surface area contributed by atoms with Crippen molar-refractivity contribution in [2.24, 2.45) is 7.05 Å². The Kier molecular flexibility index (Phi) is 3.28. The molecular weight excluding hydrogens is 236 g/mol. The molecular formula is C10H14N6S. The number of hydrogen-bond donors (Lipinski definition) is 1. The molecule has 0 spiro atoms. The second-order valence-corrected chi connectivity index (χ2v) is 4.54. The third-order valence-corrected chi connectivity index (χ3v) is 3.62. The van der Waals surface area contributed by atoms with E-state index in [1.807, 2.05) is 25.5 Å². The van der Waals surface area contributed by atoms with E-state index in [1.165, 1.54) is 18.1 Å². The normalized spacial score (nSPS) is 10.8. The molecule has 0 atom stereocenters. The van der Waals surface area contributed by atoms with Crippen LogP contribution in [0.1, 0.15) is 18.3 Å². The van der Waals surface area contributed by atoms with E-state index in [2.05, 4.69) is 20.2 Å². The summed E-state index contributed by atoms with van der Waals surface area (Å²) in [6.45, 7) is 3.94. The van der Waals surface area contributed by atoms with Crippen LogP contribution in [-0.4, -0.2) is 24.7 Å². The zero-order valence-corrected chi connectivity index (χ0v) is 10.8. The zero-order valence-electron chi connectivity index (χ0n) is 10.0. The fourth-order valence-electron chi connectivity index (χ4n) is 1.39. The molecule has 0 amide bonds. The molecule has 2 aromatic heterocycles. The Morgan fingerprint density at radius 1 is 1.35 bits per heavy atom. The third-order valence-electron chi connectivity index (χ3n) is 2.53. The molecule has 0 saturated carbocycles. The standard InChI is InChI=1S/C10H14N6S/c1-4-7-8(11)12-5-13-9(7)17-10-15-14-6(2)16(10)3/h5H,4H2,1-3H3,(H2,11,12,13). The predicted molar refractivity (Wildman–Crippen MR) is 65.7 cm³/mol. The van der Waals surface area contributed by atoms with Gasteiger partial charge in [-0.1, -0.05) is 6.92 Å². The highest BCUT2D eigenvalue weighted by Crippen LogP contribution is 2.29. The zero-order chi connectivity index (χ0) is 12.4. The first-order valence-corrected chi connectivity index (χ1v) is 6.08. The van der Waals surface area contributed by atoms with Crippen LogP contribution in [0.5, 0.6) is 0 Å². The molecule has 0 aromatic carbocycles. The van der Waals surface area contributed by atoms with Crippen molar-refractivity contribution in [1.29, 1.82) is 0 Å². The van der Waals surface area contributed by atoms with Crippen molar-refractivity contribution in [2.75, 3.05) is 5.73 Å². The van der Waals surface area contributed by atoms with E-state index in [9.17, 15) is 0 Å². The number of hydrogen-bond acceptors (Lipinski definition) is 6. The molecule has 0 bridgehead atoms. The van der Waals surface area contributed by atoms with Gasteiger partial charge in [-0.15, -0.1) is 10.2 Å². The Hall–Kier alpha value is -1.63. The number of aromatic nitrogens is 5. The second kappa shape index (κ2) is 4.70. The highest BCUT2D eigenvalue weighted by molar-refractivity contribution is 7.99. The van der Waals surface area contributed by atoms with E-state index >= 15 is 0 Å². The number of rotatable bonds is 3. The monoisotopic (exact) mass is 250 g/mol. The van der Waals surface area contributed by atoms with Crippen LogP contribution in [0.2, 0.25) is 0 Å². The van der Waals surface area contributed by atoms with Crippen LogP contribution in [0, 0.1) is 6.92 Å². The lowest BCUT2D eigenvalue weighted by Crippen LogP contribution is -2.01. The summed E-state index contributed by atoms with van der Waals surface area (Å²) >= 11 is 1.46. The van der Waals surface area contributed by atoms with Crippen molar-refractivity contribution in [3.05, 3.63) is 17.7 Å². The number of anilines is 1. The van der Waals surface area contributed by atoms with Gasteiger partial charge in [-0.05, 0) is 25.1 Å². The van der Waals surface area contributed by atoms with Crippen molar-refractivity contribution in [3.63, 3.8) is 0 Å². The summed E-state index contributed by atoms with van der Waals surface area (Å²) in [5, 5.41) is 9.74. The summed E-state index contributed by atoms with van der Waals surface area (Å²) < 4.78 is 1.92. The van der Waals surface area contributed by atoms with Gasteiger partial charge in [-0.2, -0.15) is 0 Å². The molecule has 7 heteroatoms. The van der Waals surface area contributed by atoms with Gasteiger partial charge in [0.05, 0.1) is 0 Å². The minimum atomic E-state index is 0.531. The van der Waals surface area contributed by atoms with Gasteiger partial charge in [0.1, 0.15) is 23.0 Å². The fraction of sp³-hybridized carbons (Fsp3) is 0.400. The molecule has 0 aliphatic carbocycles. The summed E-state index contributed by atoms with van der Waals surface area (Å²) in [5.41, 5.74) is 6.78. The first kappa shape index (κ1) is 11.8. The number of nitrogen functional groups attached to an aromatic ring is 1. The molecule has 0 unspecified atom stereocenters. The third kappa shape index (κ3) is 2.23. The van der Waals surface area contributed by atoms with Crippen LogP contribution in [0.4, 0.5) is 5.82 Å². The summed E-state index contributed by atoms with van der Waals surface area (Å²) in [6, 6.07) is 0. The van der Waals surface area contributed by atoms with Crippen LogP contribution in [0.3, 0.4) is 0 Å². The molecule has 6 nitrogen and oxygen atoms in total. The summed E-state index contributed by atoms with van der Waals surface area (Å²) in [4.78, 5) is 8.24. The van der Waals surface area contributed by atoms with Crippen molar-refractivity contribution >= 4 is 17.6 Å². The van der Waals surface area contributed by atoms with E-state index in [-0.39, 0.29) is 0 Å². The fourth-order valence-corrected chi connectivity index (χ4v) is 2.39. The van der Waals surface area contributed by atoms with Gasteiger partial charge in [0.25, 0.3) is 0 Å². The van der Waals surface area contributed by atoms with Gasteiger partial charge in [-0.25, -0.2) is 9.97 Å². The van der Waals surface area contributed by atoms with Crippen LogP contribution < -0.4 is 5.73 Å². The molecule has 0 radical (unpaired) electrons. The average Bonchev–Trinajstić information content (AvgIpc) is 2.61. The lowest BCUT2D eigenvalue weighted by atomic mass is 10.2. The molecule has 0 fully saturated rings. The molecule has 2 aromatic rings. The lowest BCUT2D eigenvalue weighted by Gasteiger charge is -2.07. The van der Waals surface area contributed by atoms with E-state index in [4.69, 9.17) is 5.73 Å². The first-order valence-electron chi connectivity index (χ1n) is 5.26.